The maximum absolute atomic E-state index is 12.1. The quantitative estimate of drug-likeness (QED) is 0.644. The van der Waals surface area contributed by atoms with Gasteiger partial charge in [-0.1, -0.05) is 6.07 Å². The van der Waals surface area contributed by atoms with Crippen LogP contribution in [0.1, 0.15) is 16.2 Å². The number of benzene rings is 1. The third-order valence-corrected chi connectivity index (χ3v) is 5.67. The van der Waals surface area contributed by atoms with E-state index in [1.54, 1.807) is 11.4 Å². The van der Waals surface area contributed by atoms with Crippen LogP contribution in [-0.2, 0) is 21.4 Å². The Kier molecular flexibility index (Phi) is 4.66. The monoisotopic (exact) mass is 379 g/mol. The van der Waals surface area contributed by atoms with E-state index < -0.39 is 16.0 Å². The molecule has 2 N–H and O–H groups in total. The van der Waals surface area contributed by atoms with E-state index in [4.69, 9.17) is 4.74 Å². The summed E-state index contributed by atoms with van der Waals surface area (Å²) in [5, 5.41) is 1.75. The highest BCUT2D eigenvalue weighted by molar-refractivity contribution is 7.89. The van der Waals surface area contributed by atoms with Gasteiger partial charge in [-0.15, -0.1) is 11.3 Å². The third-order valence-electron chi connectivity index (χ3n) is 3.35. The summed E-state index contributed by atoms with van der Waals surface area (Å²) < 4.78 is 31.3. The van der Waals surface area contributed by atoms with Crippen molar-refractivity contribution < 1.29 is 17.9 Å². The lowest BCUT2D eigenvalue weighted by Crippen LogP contribution is -2.19. The molecule has 130 valence electrons. The van der Waals surface area contributed by atoms with Crippen LogP contribution >= 0.6 is 11.3 Å². The maximum atomic E-state index is 12.1. The van der Waals surface area contributed by atoms with Gasteiger partial charge < -0.3 is 9.72 Å². The van der Waals surface area contributed by atoms with E-state index in [0.29, 0.717) is 10.2 Å². The van der Waals surface area contributed by atoms with Gasteiger partial charge in [0.2, 0.25) is 10.0 Å². The molecular formula is C15H13N3O5S2. The summed E-state index contributed by atoms with van der Waals surface area (Å²) in [6, 6.07) is 7.17. The lowest BCUT2D eigenvalue weighted by molar-refractivity contribution is 0.0462. The highest BCUT2D eigenvalue weighted by Crippen LogP contribution is 2.15. The second-order valence-electron chi connectivity index (χ2n) is 4.96. The Bertz CT molecular complexity index is 1100. The number of thiophene rings is 1. The molecule has 0 unspecified atom stereocenters. The Balaban J connectivity index is 1.78. The van der Waals surface area contributed by atoms with E-state index in [2.05, 4.69) is 14.7 Å². The van der Waals surface area contributed by atoms with E-state index in [1.165, 1.54) is 42.6 Å². The summed E-state index contributed by atoms with van der Waals surface area (Å²) >= 11 is 1.27. The van der Waals surface area contributed by atoms with Gasteiger partial charge in [0.25, 0.3) is 5.56 Å². The average molecular weight is 379 g/mol. The highest BCUT2D eigenvalue weighted by atomic mass is 32.2. The van der Waals surface area contributed by atoms with Gasteiger partial charge in [0.05, 0.1) is 16.0 Å². The predicted octanol–water partition coefficient (Wildman–Crippen LogP) is 1.25. The van der Waals surface area contributed by atoms with Crippen molar-refractivity contribution in [2.24, 2.45) is 0 Å². The molecule has 0 aliphatic rings. The average Bonchev–Trinajstić information content (AvgIpc) is 3.09. The Morgan fingerprint density at radius 3 is 2.92 bits per heavy atom. The van der Waals surface area contributed by atoms with Gasteiger partial charge in [0.1, 0.15) is 17.1 Å². The standard InChI is InChI=1S/C15H13N3O5S2/c1-16-25(21,22)10-4-2-3-9(7-10)15(20)23-8-12-17-11-5-6-24-13(11)14(19)18-12/h2-7,16H,8H2,1H3,(H,17,18,19). The van der Waals surface area contributed by atoms with Gasteiger partial charge in [-0.05, 0) is 36.7 Å². The van der Waals surface area contributed by atoms with Crippen LogP contribution in [0.2, 0.25) is 0 Å². The van der Waals surface area contributed by atoms with Crippen molar-refractivity contribution in [3.8, 4) is 0 Å². The molecule has 0 aliphatic carbocycles. The molecule has 1 aromatic carbocycles. The molecule has 2 heterocycles. The zero-order valence-corrected chi connectivity index (χ0v) is 14.6. The third kappa shape index (κ3) is 3.60. The topological polar surface area (TPSA) is 118 Å². The first-order valence-electron chi connectivity index (χ1n) is 7.08. The molecule has 0 radical (unpaired) electrons. The number of hydrogen-bond donors (Lipinski definition) is 2. The molecule has 0 atom stereocenters. The number of H-pyrrole nitrogens is 1. The van der Waals surface area contributed by atoms with Crippen LogP contribution in [0.3, 0.4) is 0 Å². The molecule has 8 nitrogen and oxygen atoms in total. The number of nitrogens with one attached hydrogen (secondary N) is 2. The maximum Gasteiger partial charge on any atom is 0.338 e. The van der Waals surface area contributed by atoms with Gasteiger partial charge in [-0.2, -0.15) is 0 Å². The molecule has 0 saturated carbocycles. The number of hydrogen-bond acceptors (Lipinski definition) is 7. The molecule has 2 aromatic heterocycles. The number of aromatic amines is 1. The molecule has 3 aromatic rings. The SMILES string of the molecule is CNS(=O)(=O)c1cccc(C(=O)OCc2nc3ccsc3c(=O)[nH]2)c1. The number of carbonyl (C=O) groups is 1. The second kappa shape index (κ2) is 6.75. The van der Waals surface area contributed by atoms with Crippen molar-refractivity contribution >= 4 is 37.5 Å². The zero-order chi connectivity index (χ0) is 18.0. The molecule has 10 heteroatoms. The Labute approximate surface area is 146 Å². The van der Waals surface area contributed by atoms with Crippen molar-refractivity contribution in [1.82, 2.24) is 14.7 Å². The molecule has 25 heavy (non-hydrogen) atoms. The minimum absolute atomic E-state index is 0.0457. The number of rotatable bonds is 5. The molecule has 0 aliphatic heterocycles. The molecule has 0 fully saturated rings. The smallest absolute Gasteiger partial charge is 0.338 e. The number of esters is 1. The fourth-order valence-corrected chi connectivity index (χ4v) is 3.62. The van der Waals surface area contributed by atoms with Crippen LogP contribution in [0, 0.1) is 0 Å². The summed E-state index contributed by atoms with van der Waals surface area (Å²) in [4.78, 5) is 30.7. The summed E-state index contributed by atoms with van der Waals surface area (Å²) in [6.07, 6.45) is 0. The van der Waals surface area contributed by atoms with Crippen molar-refractivity contribution in [3.63, 3.8) is 0 Å². The first kappa shape index (κ1) is 17.3. The number of carbonyl (C=O) groups excluding carboxylic acids is 1. The van der Waals surface area contributed by atoms with Gasteiger partial charge in [0, 0.05) is 0 Å². The normalized spacial score (nSPS) is 11.6. The molecule has 0 bridgehead atoms. The van der Waals surface area contributed by atoms with Crippen LogP contribution in [0.4, 0.5) is 0 Å². The van der Waals surface area contributed by atoms with Gasteiger partial charge >= 0.3 is 5.97 Å². The van der Waals surface area contributed by atoms with Crippen LogP contribution in [0.15, 0.2) is 45.4 Å². The van der Waals surface area contributed by atoms with Crippen molar-refractivity contribution in [2.45, 2.75) is 11.5 Å². The minimum Gasteiger partial charge on any atom is -0.454 e. The number of nitrogens with zero attached hydrogens (tertiary/aromatic N) is 1. The number of sulfonamides is 1. The largest absolute Gasteiger partial charge is 0.454 e. The molecule has 0 saturated heterocycles. The van der Waals surface area contributed by atoms with Gasteiger partial charge in [-0.25, -0.2) is 22.9 Å². The van der Waals surface area contributed by atoms with Crippen LogP contribution in [-0.4, -0.2) is 31.4 Å². The first-order chi connectivity index (χ1) is 11.9. The zero-order valence-electron chi connectivity index (χ0n) is 13.0. The van der Waals surface area contributed by atoms with Crippen molar-refractivity contribution in [3.05, 3.63) is 57.5 Å². The lowest BCUT2D eigenvalue weighted by Gasteiger charge is -2.07. The minimum atomic E-state index is -3.66. The van der Waals surface area contributed by atoms with Crippen LogP contribution in [0.5, 0.6) is 0 Å². The van der Waals surface area contributed by atoms with Crippen molar-refractivity contribution in [1.29, 1.82) is 0 Å². The summed E-state index contributed by atoms with van der Waals surface area (Å²) in [5.74, 6) is -0.510. The molecule has 0 amide bonds. The Hall–Kier alpha value is -2.56. The summed E-state index contributed by atoms with van der Waals surface area (Å²) in [6.45, 7) is -0.233. The second-order valence-corrected chi connectivity index (χ2v) is 7.76. The number of fused-ring (bicyclic) bond motifs is 1. The lowest BCUT2D eigenvalue weighted by atomic mass is 10.2. The van der Waals surface area contributed by atoms with Crippen LogP contribution in [0.25, 0.3) is 10.2 Å². The predicted molar refractivity (Wildman–Crippen MR) is 92.0 cm³/mol. The molecular weight excluding hydrogens is 366 g/mol. The van der Waals surface area contributed by atoms with E-state index in [-0.39, 0.29) is 28.4 Å². The fraction of sp³-hybridized carbons (Fsp3) is 0.133. The molecule has 0 spiro atoms. The van der Waals surface area contributed by atoms with Gasteiger partial charge in [0.15, 0.2) is 0 Å². The van der Waals surface area contributed by atoms with Crippen molar-refractivity contribution in [2.75, 3.05) is 7.05 Å². The summed E-state index contributed by atoms with van der Waals surface area (Å²) in [7, 11) is -2.38. The first-order valence-corrected chi connectivity index (χ1v) is 9.44. The van der Waals surface area contributed by atoms with E-state index >= 15 is 0 Å². The van der Waals surface area contributed by atoms with E-state index in [0.717, 1.165) is 0 Å². The Morgan fingerprint density at radius 2 is 2.16 bits per heavy atom. The molecule has 3 rings (SSSR count). The summed E-state index contributed by atoms with van der Waals surface area (Å²) in [5.41, 5.74) is 0.311. The number of ether oxygens (including phenoxy) is 1. The van der Waals surface area contributed by atoms with Crippen LogP contribution < -0.4 is 10.3 Å². The fourth-order valence-electron chi connectivity index (χ4n) is 2.12. The van der Waals surface area contributed by atoms with E-state index in [9.17, 15) is 18.0 Å². The Morgan fingerprint density at radius 1 is 1.36 bits per heavy atom. The van der Waals surface area contributed by atoms with Gasteiger partial charge in [-0.3, -0.25) is 4.79 Å². The number of aromatic nitrogens is 2. The van der Waals surface area contributed by atoms with E-state index in [1.807, 2.05) is 0 Å². The highest BCUT2D eigenvalue weighted by Gasteiger charge is 2.15.